The Morgan fingerprint density at radius 2 is 1.80 bits per heavy atom. The average molecular weight is 269 g/mol. The molecule has 0 aromatic heterocycles. The van der Waals surface area contributed by atoms with Gasteiger partial charge in [0.05, 0.1) is 13.2 Å². The van der Waals surface area contributed by atoms with Crippen molar-refractivity contribution in [3.63, 3.8) is 0 Å². The molecule has 0 saturated carbocycles. The summed E-state index contributed by atoms with van der Waals surface area (Å²) in [7, 11) is 0. The molecular weight excluding hydrogens is 250 g/mol. The number of anilines is 1. The highest BCUT2D eigenvalue weighted by molar-refractivity contribution is 5.74. The van der Waals surface area contributed by atoms with Crippen LogP contribution in [0.5, 0.6) is 11.5 Å². The van der Waals surface area contributed by atoms with Crippen molar-refractivity contribution in [2.75, 3.05) is 18.9 Å². The fraction of sp³-hybridized carbons (Fsp3) is 0.294. The third-order valence-corrected chi connectivity index (χ3v) is 3.68. The van der Waals surface area contributed by atoms with Gasteiger partial charge in [0.2, 0.25) is 0 Å². The lowest BCUT2D eigenvalue weighted by Crippen LogP contribution is -2.12. The van der Waals surface area contributed by atoms with E-state index in [2.05, 4.69) is 19.1 Å². The van der Waals surface area contributed by atoms with Crippen LogP contribution in [0.3, 0.4) is 0 Å². The molecule has 0 bridgehead atoms. The van der Waals surface area contributed by atoms with E-state index in [0.29, 0.717) is 19.1 Å². The lowest BCUT2D eigenvalue weighted by molar-refractivity contribution is 0.228. The number of fused-ring (bicyclic) bond motifs is 1. The zero-order valence-electron chi connectivity index (χ0n) is 11.8. The third-order valence-electron chi connectivity index (χ3n) is 3.68. The number of hydrogen-bond donors (Lipinski definition) is 1. The second-order valence-corrected chi connectivity index (χ2v) is 5.41. The van der Waals surface area contributed by atoms with E-state index in [1.165, 1.54) is 0 Å². The van der Waals surface area contributed by atoms with Gasteiger partial charge in [-0.15, -0.1) is 0 Å². The first-order chi connectivity index (χ1) is 9.65. The summed E-state index contributed by atoms with van der Waals surface area (Å²) in [5, 5.41) is 0. The van der Waals surface area contributed by atoms with E-state index in [4.69, 9.17) is 15.2 Å². The first-order valence-electron chi connectivity index (χ1n) is 6.90. The average Bonchev–Trinajstić information content (AvgIpc) is 2.64. The molecule has 104 valence electrons. The van der Waals surface area contributed by atoms with Gasteiger partial charge in [-0.2, -0.15) is 0 Å². The van der Waals surface area contributed by atoms with Gasteiger partial charge in [-0.05, 0) is 41.8 Å². The van der Waals surface area contributed by atoms with Crippen LogP contribution in [0.2, 0.25) is 0 Å². The zero-order valence-corrected chi connectivity index (χ0v) is 11.8. The molecule has 0 aliphatic carbocycles. The molecule has 1 aliphatic heterocycles. The topological polar surface area (TPSA) is 44.5 Å². The second kappa shape index (κ2) is 5.08. The van der Waals surface area contributed by atoms with Crippen molar-refractivity contribution in [2.45, 2.75) is 13.8 Å². The van der Waals surface area contributed by atoms with Crippen molar-refractivity contribution in [2.24, 2.45) is 5.92 Å². The van der Waals surface area contributed by atoms with Gasteiger partial charge in [-0.25, -0.2) is 0 Å². The third kappa shape index (κ3) is 2.31. The van der Waals surface area contributed by atoms with Crippen molar-refractivity contribution in [1.29, 1.82) is 0 Å². The molecule has 2 aromatic carbocycles. The highest BCUT2D eigenvalue weighted by Crippen LogP contribution is 2.36. The summed E-state index contributed by atoms with van der Waals surface area (Å²) in [5.74, 6) is 2.04. The molecule has 1 heterocycles. The molecule has 3 nitrogen and oxygen atoms in total. The molecule has 2 N–H and O–H groups in total. The highest BCUT2D eigenvalue weighted by atomic mass is 16.5. The predicted octanol–water partition coefficient (Wildman–Crippen LogP) is 3.65. The summed E-state index contributed by atoms with van der Waals surface area (Å²) in [6.07, 6.45) is 0. The van der Waals surface area contributed by atoms with E-state index >= 15 is 0 Å². The molecule has 0 saturated heterocycles. The molecule has 1 unspecified atom stereocenters. The molecule has 20 heavy (non-hydrogen) atoms. The largest absolute Gasteiger partial charge is 0.489 e. The Kier molecular flexibility index (Phi) is 3.26. The van der Waals surface area contributed by atoms with Crippen LogP contribution in [0, 0.1) is 12.8 Å². The van der Waals surface area contributed by atoms with Crippen molar-refractivity contribution in [3.8, 4) is 22.6 Å². The molecule has 1 aliphatic rings. The minimum absolute atomic E-state index is 0.403. The van der Waals surface area contributed by atoms with Gasteiger partial charge in [-0.1, -0.05) is 25.1 Å². The van der Waals surface area contributed by atoms with Crippen LogP contribution in [0.1, 0.15) is 12.5 Å². The Morgan fingerprint density at radius 1 is 1.05 bits per heavy atom. The smallest absolute Gasteiger partial charge is 0.161 e. The van der Waals surface area contributed by atoms with Gasteiger partial charge in [-0.3, -0.25) is 0 Å². The molecular formula is C17H19NO2. The van der Waals surface area contributed by atoms with Crippen molar-refractivity contribution in [3.05, 3.63) is 42.0 Å². The van der Waals surface area contributed by atoms with E-state index in [1.807, 2.05) is 31.2 Å². The standard InChI is InChI=1S/C17H19NO2/c1-11-9-19-16-7-6-13(8-17(16)20-10-11)14-4-3-5-15(18)12(14)2/h3-8,11H,9-10,18H2,1-2H3. The monoisotopic (exact) mass is 269 g/mol. The van der Waals surface area contributed by atoms with Gasteiger partial charge in [0.25, 0.3) is 0 Å². The Balaban J connectivity index is 2.02. The van der Waals surface area contributed by atoms with E-state index < -0.39 is 0 Å². The summed E-state index contributed by atoms with van der Waals surface area (Å²) in [4.78, 5) is 0. The van der Waals surface area contributed by atoms with Gasteiger partial charge in [0.1, 0.15) is 0 Å². The van der Waals surface area contributed by atoms with Crippen molar-refractivity contribution in [1.82, 2.24) is 0 Å². The minimum Gasteiger partial charge on any atom is -0.489 e. The number of ether oxygens (including phenoxy) is 2. The van der Waals surface area contributed by atoms with Gasteiger partial charge in [0, 0.05) is 11.6 Å². The van der Waals surface area contributed by atoms with E-state index in [0.717, 1.165) is 33.9 Å². The quantitative estimate of drug-likeness (QED) is 0.804. The number of nitrogen functional groups attached to an aromatic ring is 1. The molecule has 0 fully saturated rings. The minimum atomic E-state index is 0.403. The van der Waals surface area contributed by atoms with E-state index in [-0.39, 0.29) is 0 Å². The fourth-order valence-corrected chi connectivity index (χ4v) is 2.39. The van der Waals surface area contributed by atoms with Gasteiger partial charge in [0.15, 0.2) is 11.5 Å². The molecule has 0 spiro atoms. The second-order valence-electron chi connectivity index (χ2n) is 5.41. The Hall–Kier alpha value is -2.16. The van der Waals surface area contributed by atoms with Crippen LogP contribution < -0.4 is 15.2 Å². The van der Waals surface area contributed by atoms with Crippen LogP contribution >= 0.6 is 0 Å². The van der Waals surface area contributed by atoms with Crippen LogP contribution in [0.15, 0.2) is 36.4 Å². The van der Waals surface area contributed by atoms with Crippen LogP contribution in [-0.4, -0.2) is 13.2 Å². The predicted molar refractivity (Wildman–Crippen MR) is 81.2 cm³/mol. The molecule has 0 radical (unpaired) electrons. The first kappa shape index (κ1) is 12.9. The van der Waals surface area contributed by atoms with E-state index in [1.54, 1.807) is 0 Å². The summed E-state index contributed by atoms with van der Waals surface area (Å²) in [5.41, 5.74) is 10.1. The van der Waals surface area contributed by atoms with Crippen molar-refractivity contribution >= 4 is 5.69 Å². The molecule has 0 amide bonds. The van der Waals surface area contributed by atoms with Crippen LogP contribution in [0.25, 0.3) is 11.1 Å². The maximum absolute atomic E-state index is 5.98. The Morgan fingerprint density at radius 3 is 2.60 bits per heavy atom. The summed E-state index contributed by atoms with van der Waals surface area (Å²) < 4.78 is 11.6. The normalized spacial score (nSPS) is 17.6. The maximum atomic E-state index is 5.98. The number of nitrogens with two attached hydrogens (primary N) is 1. The summed E-state index contributed by atoms with van der Waals surface area (Å²) in [6, 6.07) is 12.0. The van der Waals surface area contributed by atoms with E-state index in [9.17, 15) is 0 Å². The molecule has 2 aromatic rings. The molecule has 1 atom stereocenters. The zero-order chi connectivity index (χ0) is 14.1. The fourth-order valence-electron chi connectivity index (χ4n) is 2.39. The lowest BCUT2D eigenvalue weighted by Gasteiger charge is -2.12. The first-order valence-corrected chi connectivity index (χ1v) is 6.90. The molecule has 3 rings (SSSR count). The van der Waals surface area contributed by atoms with Crippen LogP contribution in [-0.2, 0) is 0 Å². The van der Waals surface area contributed by atoms with Gasteiger partial charge >= 0.3 is 0 Å². The number of hydrogen-bond acceptors (Lipinski definition) is 3. The number of benzene rings is 2. The Labute approximate surface area is 119 Å². The highest BCUT2D eigenvalue weighted by Gasteiger charge is 2.16. The SMILES string of the molecule is Cc1c(N)cccc1-c1ccc2c(c1)OCC(C)CO2. The lowest BCUT2D eigenvalue weighted by atomic mass is 9.99. The number of rotatable bonds is 1. The van der Waals surface area contributed by atoms with Crippen molar-refractivity contribution < 1.29 is 9.47 Å². The van der Waals surface area contributed by atoms with Crippen LogP contribution in [0.4, 0.5) is 5.69 Å². The molecule has 3 heteroatoms. The summed E-state index contributed by atoms with van der Waals surface area (Å²) >= 11 is 0. The maximum Gasteiger partial charge on any atom is 0.161 e. The Bertz CT molecular complexity index is 637. The van der Waals surface area contributed by atoms with Gasteiger partial charge < -0.3 is 15.2 Å². The summed E-state index contributed by atoms with van der Waals surface area (Å²) in [6.45, 7) is 5.54.